The van der Waals surface area contributed by atoms with Gasteiger partial charge in [0, 0.05) is 17.0 Å². The first-order chi connectivity index (χ1) is 10.2. The second-order valence-electron chi connectivity index (χ2n) is 5.77. The predicted molar refractivity (Wildman–Crippen MR) is 91.9 cm³/mol. The average molecular weight is 330 g/mol. The molecule has 21 heavy (non-hydrogen) atoms. The Bertz CT molecular complexity index is 435. The molecular weight excluding hydrogens is 305 g/mol. The van der Waals surface area contributed by atoms with Crippen molar-refractivity contribution in [1.29, 1.82) is 0 Å². The Morgan fingerprint density at radius 1 is 1.33 bits per heavy atom. The van der Waals surface area contributed by atoms with E-state index in [9.17, 15) is 4.39 Å². The van der Waals surface area contributed by atoms with E-state index < -0.39 is 0 Å². The fourth-order valence-corrected chi connectivity index (χ4v) is 4.54. The molecule has 1 aromatic rings. The van der Waals surface area contributed by atoms with E-state index in [4.69, 9.17) is 11.6 Å². The molecule has 0 saturated heterocycles. The van der Waals surface area contributed by atoms with Crippen molar-refractivity contribution in [1.82, 2.24) is 5.32 Å². The maximum atomic E-state index is 14.0. The molecule has 4 heteroatoms. The highest BCUT2D eigenvalue weighted by molar-refractivity contribution is 7.99. The molecule has 1 aliphatic rings. The molecule has 2 rings (SSSR count). The van der Waals surface area contributed by atoms with E-state index in [0.717, 1.165) is 23.1 Å². The van der Waals surface area contributed by atoms with Crippen LogP contribution >= 0.6 is 23.4 Å². The van der Waals surface area contributed by atoms with E-state index in [-0.39, 0.29) is 10.8 Å². The zero-order valence-electron chi connectivity index (χ0n) is 12.7. The van der Waals surface area contributed by atoms with Crippen LogP contribution in [0.15, 0.2) is 18.2 Å². The molecule has 1 unspecified atom stereocenters. The Balaban J connectivity index is 1.90. The summed E-state index contributed by atoms with van der Waals surface area (Å²) in [4.78, 5) is 0. The van der Waals surface area contributed by atoms with Crippen LogP contribution in [-0.4, -0.2) is 23.6 Å². The van der Waals surface area contributed by atoms with Crippen molar-refractivity contribution in [2.75, 3.05) is 12.3 Å². The number of rotatable bonds is 7. The topological polar surface area (TPSA) is 12.0 Å². The summed E-state index contributed by atoms with van der Waals surface area (Å²) in [5, 5.41) is 4.51. The van der Waals surface area contributed by atoms with Gasteiger partial charge in [-0.1, -0.05) is 49.9 Å². The third kappa shape index (κ3) is 5.46. The third-order valence-corrected chi connectivity index (χ3v) is 5.91. The molecule has 0 bridgehead atoms. The molecule has 0 radical (unpaired) electrons. The molecular formula is C17H25ClFNS. The molecule has 1 aliphatic carbocycles. The van der Waals surface area contributed by atoms with Gasteiger partial charge in [0.1, 0.15) is 5.82 Å². The second-order valence-corrected chi connectivity index (χ2v) is 7.51. The molecule has 118 valence electrons. The Labute approximate surface area is 137 Å². The van der Waals surface area contributed by atoms with Gasteiger partial charge in [-0.15, -0.1) is 0 Å². The van der Waals surface area contributed by atoms with Gasteiger partial charge in [-0.2, -0.15) is 11.8 Å². The van der Waals surface area contributed by atoms with Gasteiger partial charge < -0.3 is 5.32 Å². The van der Waals surface area contributed by atoms with Crippen LogP contribution in [0.4, 0.5) is 4.39 Å². The third-order valence-electron chi connectivity index (χ3n) is 4.08. The van der Waals surface area contributed by atoms with Crippen LogP contribution < -0.4 is 5.32 Å². The van der Waals surface area contributed by atoms with Crippen molar-refractivity contribution in [2.45, 2.75) is 56.7 Å². The van der Waals surface area contributed by atoms with Crippen LogP contribution in [0.25, 0.3) is 0 Å². The van der Waals surface area contributed by atoms with E-state index in [0.29, 0.717) is 12.5 Å². The van der Waals surface area contributed by atoms with Crippen molar-refractivity contribution in [3.8, 4) is 0 Å². The Kier molecular flexibility index (Phi) is 7.35. The predicted octanol–water partition coefficient (Wildman–Crippen LogP) is 5.07. The minimum absolute atomic E-state index is 0.225. The van der Waals surface area contributed by atoms with E-state index in [1.807, 2.05) is 12.1 Å². The first-order valence-corrected chi connectivity index (χ1v) is 9.41. The first-order valence-electron chi connectivity index (χ1n) is 7.98. The quantitative estimate of drug-likeness (QED) is 0.750. The van der Waals surface area contributed by atoms with Gasteiger partial charge in [0.05, 0.1) is 5.02 Å². The molecule has 1 nitrogen and oxygen atoms in total. The molecule has 0 heterocycles. The Morgan fingerprint density at radius 2 is 2.10 bits per heavy atom. The monoisotopic (exact) mass is 329 g/mol. The SMILES string of the molecule is CCNC(CSC1CCCCC1)Cc1cccc(Cl)c1F. The van der Waals surface area contributed by atoms with Crippen molar-refractivity contribution in [2.24, 2.45) is 0 Å². The number of halogens is 2. The largest absolute Gasteiger partial charge is 0.313 e. The number of likely N-dealkylation sites (N-methyl/N-ethyl adjacent to an activating group) is 1. The lowest BCUT2D eigenvalue weighted by Gasteiger charge is -2.24. The van der Waals surface area contributed by atoms with Crippen LogP contribution in [0.5, 0.6) is 0 Å². The summed E-state index contributed by atoms with van der Waals surface area (Å²) in [5.74, 6) is 0.787. The number of benzene rings is 1. The number of hydrogen-bond donors (Lipinski definition) is 1. The average Bonchev–Trinajstić information content (AvgIpc) is 2.50. The summed E-state index contributed by atoms with van der Waals surface area (Å²) >= 11 is 7.93. The van der Waals surface area contributed by atoms with Crippen molar-refractivity contribution >= 4 is 23.4 Å². The maximum absolute atomic E-state index is 14.0. The number of hydrogen-bond acceptors (Lipinski definition) is 2. The first kappa shape index (κ1) is 17.1. The fraction of sp³-hybridized carbons (Fsp3) is 0.647. The zero-order chi connectivity index (χ0) is 15.1. The maximum Gasteiger partial charge on any atom is 0.145 e. The minimum Gasteiger partial charge on any atom is -0.313 e. The van der Waals surface area contributed by atoms with Crippen LogP contribution in [0.1, 0.15) is 44.6 Å². The molecule has 1 aromatic carbocycles. The summed E-state index contributed by atoms with van der Waals surface area (Å²) in [6, 6.07) is 5.60. The molecule has 0 aromatic heterocycles. The molecule has 1 fully saturated rings. The van der Waals surface area contributed by atoms with Crippen LogP contribution in [0, 0.1) is 5.82 Å². The van der Waals surface area contributed by atoms with Gasteiger partial charge in [-0.25, -0.2) is 4.39 Å². The molecule has 0 amide bonds. The Hall–Kier alpha value is -0.250. The molecule has 1 atom stereocenters. The summed E-state index contributed by atoms with van der Waals surface area (Å²) < 4.78 is 14.0. The van der Waals surface area contributed by atoms with E-state index >= 15 is 0 Å². The molecule has 0 aliphatic heterocycles. The van der Waals surface area contributed by atoms with E-state index in [2.05, 4.69) is 24.0 Å². The zero-order valence-corrected chi connectivity index (χ0v) is 14.3. The molecule has 0 spiro atoms. The highest BCUT2D eigenvalue weighted by atomic mass is 35.5. The summed E-state index contributed by atoms with van der Waals surface area (Å²) in [5.41, 5.74) is 0.720. The van der Waals surface area contributed by atoms with Crippen LogP contribution in [-0.2, 0) is 6.42 Å². The molecule has 1 saturated carbocycles. The van der Waals surface area contributed by atoms with Crippen molar-refractivity contribution < 1.29 is 4.39 Å². The molecule has 1 N–H and O–H groups in total. The number of nitrogens with one attached hydrogen (secondary N) is 1. The van der Waals surface area contributed by atoms with E-state index in [1.54, 1.807) is 6.07 Å². The fourth-order valence-electron chi connectivity index (χ4n) is 2.93. The van der Waals surface area contributed by atoms with E-state index in [1.165, 1.54) is 32.1 Å². The Morgan fingerprint density at radius 3 is 2.81 bits per heavy atom. The van der Waals surface area contributed by atoms with Gasteiger partial charge >= 0.3 is 0 Å². The lowest BCUT2D eigenvalue weighted by molar-refractivity contribution is 0.511. The number of thioether (sulfide) groups is 1. The standard InChI is InChI=1S/C17H25ClFNS/c1-2-20-14(12-21-15-8-4-3-5-9-15)11-13-7-6-10-16(18)17(13)19/h6-7,10,14-15,20H,2-5,8-9,11-12H2,1H3. The van der Waals surface area contributed by atoms with Gasteiger partial charge in [0.15, 0.2) is 0 Å². The summed E-state index contributed by atoms with van der Waals surface area (Å²) in [6.45, 7) is 3.02. The lowest BCUT2D eigenvalue weighted by Crippen LogP contribution is -2.34. The minimum atomic E-state index is -0.260. The van der Waals surface area contributed by atoms with Crippen molar-refractivity contribution in [3.63, 3.8) is 0 Å². The summed E-state index contributed by atoms with van der Waals surface area (Å²) in [7, 11) is 0. The van der Waals surface area contributed by atoms with Crippen LogP contribution in [0.3, 0.4) is 0 Å². The highest BCUT2D eigenvalue weighted by Crippen LogP contribution is 2.29. The second kappa shape index (κ2) is 9.02. The highest BCUT2D eigenvalue weighted by Gasteiger charge is 2.18. The van der Waals surface area contributed by atoms with Crippen molar-refractivity contribution in [3.05, 3.63) is 34.6 Å². The van der Waals surface area contributed by atoms with Gasteiger partial charge in [0.25, 0.3) is 0 Å². The smallest absolute Gasteiger partial charge is 0.145 e. The van der Waals surface area contributed by atoms with Gasteiger partial charge in [-0.3, -0.25) is 0 Å². The normalized spacial score (nSPS) is 17.9. The van der Waals surface area contributed by atoms with Gasteiger partial charge in [0.2, 0.25) is 0 Å². The van der Waals surface area contributed by atoms with Gasteiger partial charge in [-0.05, 0) is 37.4 Å². The lowest BCUT2D eigenvalue weighted by atomic mass is 10.0. The summed E-state index contributed by atoms with van der Waals surface area (Å²) in [6.07, 6.45) is 7.52. The van der Waals surface area contributed by atoms with Crippen LogP contribution in [0.2, 0.25) is 5.02 Å².